The van der Waals surface area contributed by atoms with Crippen LogP contribution in [0.25, 0.3) is 11.3 Å². The molecule has 0 unspecified atom stereocenters. The quantitative estimate of drug-likeness (QED) is 0.391. The van der Waals surface area contributed by atoms with Gasteiger partial charge in [0.15, 0.2) is 5.16 Å². The number of benzene rings is 2. The van der Waals surface area contributed by atoms with Crippen LogP contribution in [0.3, 0.4) is 0 Å². The molecule has 0 aliphatic heterocycles. The van der Waals surface area contributed by atoms with Gasteiger partial charge in [-0.25, -0.2) is 4.98 Å². The number of ether oxygens (including phenoxy) is 1. The van der Waals surface area contributed by atoms with Crippen LogP contribution < -0.4 is 10.3 Å². The minimum Gasteiger partial charge on any atom is -0.493 e. The second kappa shape index (κ2) is 8.23. The Morgan fingerprint density at radius 2 is 1.96 bits per heavy atom. The summed E-state index contributed by atoms with van der Waals surface area (Å²) in [5, 5.41) is 1.31. The molecule has 0 aliphatic rings. The van der Waals surface area contributed by atoms with E-state index in [9.17, 15) is 4.79 Å². The van der Waals surface area contributed by atoms with Crippen molar-refractivity contribution in [3.63, 3.8) is 0 Å². The molecule has 6 heteroatoms. The first-order valence-electron chi connectivity index (χ1n) is 7.80. The molecule has 1 N–H and O–H groups in total. The van der Waals surface area contributed by atoms with E-state index < -0.39 is 0 Å². The highest BCUT2D eigenvalue weighted by Crippen LogP contribution is 2.22. The molecule has 0 bridgehead atoms. The van der Waals surface area contributed by atoms with Gasteiger partial charge in [0, 0.05) is 22.4 Å². The normalized spacial score (nSPS) is 10.6. The van der Waals surface area contributed by atoms with E-state index in [-0.39, 0.29) is 5.56 Å². The maximum absolute atomic E-state index is 11.9. The largest absolute Gasteiger partial charge is 0.493 e. The first kappa shape index (κ1) is 17.6. The van der Waals surface area contributed by atoms with Crippen LogP contribution in [0.5, 0.6) is 5.75 Å². The monoisotopic (exact) mass is 372 g/mol. The lowest BCUT2D eigenvalue weighted by atomic mass is 10.1. The number of nitrogens with one attached hydrogen (secondary N) is 1. The van der Waals surface area contributed by atoms with Crippen molar-refractivity contribution in [1.82, 2.24) is 9.97 Å². The predicted molar refractivity (Wildman–Crippen MR) is 103 cm³/mol. The van der Waals surface area contributed by atoms with Crippen molar-refractivity contribution in [2.45, 2.75) is 12.1 Å². The van der Waals surface area contributed by atoms with Crippen molar-refractivity contribution in [1.29, 1.82) is 0 Å². The average Bonchev–Trinajstić information content (AvgIpc) is 2.62. The molecule has 25 heavy (non-hydrogen) atoms. The van der Waals surface area contributed by atoms with Gasteiger partial charge in [-0.2, -0.15) is 0 Å². The molecule has 0 atom stereocenters. The molecule has 3 rings (SSSR count). The standard InChI is InChI=1S/C19H17ClN2O2S/c1-13-11-15(7-8-16(13)20)24-9-10-25-19-21-17(12-18(23)22-19)14-5-3-2-4-6-14/h2-8,11-12H,9-10H2,1H3,(H,21,22,23). The van der Waals surface area contributed by atoms with Crippen LogP contribution in [0.4, 0.5) is 0 Å². The Bertz CT molecular complexity index is 913. The van der Waals surface area contributed by atoms with E-state index >= 15 is 0 Å². The number of rotatable bonds is 6. The SMILES string of the molecule is Cc1cc(OCCSc2nc(-c3ccccc3)cc(=O)[nH]2)ccc1Cl. The van der Waals surface area contributed by atoms with E-state index in [1.807, 2.05) is 55.5 Å². The number of aromatic nitrogens is 2. The molecule has 2 aromatic carbocycles. The first-order valence-corrected chi connectivity index (χ1v) is 9.17. The summed E-state index contributed by atoms with van der Waals surface area (Å²) in [6.07, 6.45) is 0. The maximum Gasteiger partial charge on any atom is 0.252 e. The fourth-order valence-electron chi connectivity index (χ4n) is 2.27. The van der Waals surface area contributed by atoms with Gasteiger partial charge in [-0.1, -0.05) is 53.7 Å². The molecule has 4 nitrogen and oxygen atoms in total. The third-order valence-corrected chi connectivity index (χ3v) is 4.77. The number of hydrogen-bond acceptors (Lipinski definition) is 4. The lowest BCUT2D eigenvalue weighted by Gasteiger charge is -2.08. The highest BCUT2D eigenvalue weighted by atomic mass is 35.5. The van der Waals surface area contributed by atoms with Crippen LogP contribution in [0.2, 0.25) is 5.02 Å². The lowest BCUT2D eigenvalue weighted by Crippen LogP contribution is -2.09. The molecule has 0 amide bonds. The summed E-state index contributed by atoms with van der Waals surface area (Å²) < 4.78 is 5.71. The smallest absolute Gasteiger partial charge is 0.252 e. The molecule has 1 aromatic heterocycles. The van der Waals surface area contributed by atoms with E-state index in [4.69, 9.17) is 16.3 Å². The summed E-state index contributed by atoms with van der Waals surface area (Å²) in [7, 11) is 0. The Kier molecular flexibility index (Phi) is 5.79. The molecular formula is C19H17ClN2O2S. The predicted octanol–water partition coefficient (Wildman–Crippen LogP) is 4.57. The molecule has 128 valence electrons. The van der Waals surface area contributed by atoms with E-state index in [1.54, 1.807) is 0 Å². The summed E-state index contributed by atoms with van der Waals surface area (Å²) in [6, 6.07) is 16.7. The van der Waals surface area contributed by atoms with Crippen LogP contribution >= 0.6 is 23.4 Å². The van der Waals surface area contributed by atoms with Gasteiger partial charge in [-0.15, -0.1) is 0 Å². The maximum atomic E-state index is 11.9. The summed E-state index contributed by atoms with van der Waals surface area (Å²) in [5.41, 5.74) is 2.41. The molecule has 0 spiro atoms. The molecule has 0 fully saturated rings. The van der Waals surface area contributed by atoms with Crippen molar-refractivity contribution in [2.24, 2.45) is 0 Å². The Balaban J connectivity index is 1.60. The second-order valence-electron chi connectivity index (χ2n) is 5.41. The van der Waals surface area contributed by atoms with Crippen molar-refractivity contribution >= 4 is 23.4 Å². The number of nitrogens with zero attached hydrogens (tertiary/aromatic N) is 1. The van der Waals surface area contributed by atoms with Gasteiger partial charge in [0.05, 0.1) is 12.3 Å². The Labute approximate surface area is 155 Å². The van der Waals surface area contributed by atoms with Gasteiger partial charge in [0.1, 0.15) is 5.75 Å². The van der Waals surface area contributed by atoms with Gasteiger partial charge < -0.3 is 9.72 Å². The minimum absolute atomic E-state index is 0.161. The molecule has 1 heterocycles. The van der Waals surface area contributed by atoms with Gasteiger partial charge in [-0.05, 0) is 30.7 Å². The number of aryl methyl sites for hydroxylation is 1. The number of hydrogen-bond donors (Lipinski definition) is 1. The van der Waals surface area contributed by atoms with Crippen molar-refractivity contribution < 1.29 is 4.74 Å². The van der Waals surface area contributed by atoms with Crippen LogP contribution in [0, 0.1) is 6.92 Å². The number of halogens is 1. The fourth-order valence-corrected chi connectivity index (χ4v) is 3.08. The van der Waals surface area contributed by atoms with Crippen molar-refractivity contribution in [3.8, 4) is 17.0 Å². The second-order valence-corrected chi connectivity index (χ2v) is 6.90. The molecular weight excluding hydrogens is 356 g/mol. The summed E-state index contributed by atoms with van der Waals surface area (Å²) >= 11 is 7.45. The van der Waals surface area contributed by atoms with E-state index in [0.29, 0.717) is 23.2 Å². The van der Waals surface area contributed by atoms with E-state index in [1.165, 1.54) is 17.8 Å². The summed E-state index contributed by atoms with van der Waals surface area (Å²) in [4.78, 5) is 19.1. The van der Waals surface area contributed by atoms with E-state index in [2.05, 4.69) is 9.97 Å². The van der Waals surface area contributed by atoms with Gasteiger partial charge >= 0.3 is 0 Å². The Morgan fingerprint density at radius 1 is 1.16 bits per heavy atom. The molecule has 0 radical (unpaired) electrons. The highest BCUT2D eigenvalue weighted by Gasteiger charge is 2.05. The average molecular weight is 373 g/mol. The number of thioether (sulfide) groups is 1. The minimum atomic E-state index is -0.161. The summed E-state index contributed by atoms with van der Waals surface area (Å²) in [5.74, 6) is 1.45. The molecule has 0 saturated heterocycles. The zero-order valence-corrected chi connectivity index (χ0v) is 15.2. The first-order chi connectivity index (χ1) is 12.1. The zero-order valence-electron chi connectivity index (χ0n) is 13.7. The molecule has 0 aliphatic carbocycles. The topological polar surface area (TPSA) is 55.0 Å². The van der Waals surface area contributed by atoms with Crippen molar-refractivity contribution in [2.75, 3.05) is 12.4 Å². The fraction of sp³-hybridized carbons (Fsp3) is 0.158. The zero-order chi connectivity index (χ0) is 17.6. The van der Waals surface area contributed by atoms with Crippen LogP contribution in [0.1, 0.15) is 5.56 Å². The Hall–Kier alpha value is -2.24. The van der Waals surface area contributed by atoms with Gasteiger partial charge in [-0.3, -0.25) is 4.79 Å². The number of H-pyrrole nitrogens is 1. The van der Waals surface area contributed by atoms with Crippen molar-refractivity contribution in [3.05, 3.63) is 75.5 Å². The van der Waals surface area contributed by atoms with Crippen LogP contribution in [0.15, 0.2) is 64.5 Å². The molecule has 3 aromatic rings. The molecule has 0 saturated carbocycles. The van der Waals surface area contributed by atoms with Gasteiger partial charge in [0.25, 0.3) is 5.56 Å². The summed E-state index contributed by atoms with van der Waals surface area (Å²) in [6.45, 7) is 2.44. The Morgan fingerprint density at radius 3 is 2.72 bits per heavy atom. The van der Waals surface area contributed by atoms with Gasteiger partial charge in [0.2, 0.25) is 0 Å². The lowest BCUT2D eigenvalue weighted by molar-refractivity contribution is 0.343. The third-order valence-electron chi connectivity index (χ3n) is 3.51. The van der Waals surface area contributed by atoms with Crippen LogP contribution in [-0.4, -0.2) is 22.3 Å². The highest BCUT2D eigenvalue weighted by molar-refractivity contribution is 7.99. The number of aromatic amines is 1. The van der Waals surface area contributed by atoms with Crippen LogP contribution in [-0.2, 0) is 0 Å². The van der Waals surface area contributed by atoms with E-state index in [0.717, 1.165) is 21.9 Å². The third kappa shape index (κ3) is 4.87.